The fraction of sp³-hybridized carbons (Fsp3) is 0.591. The van der Waals surface area contributed by atoms with Crippen LogP contribution in [0.25, 0.3) is 0 Å². The zero-order valence-corrected chi connectivity index (χ0v) is 17.6. The van der Waals surface area contributed by atoms with Crippen LogP contribution in [-0.4, -0.2) is 73.0 Å². The van der Waals surface area contributed by atoms with Crippen LogP contribution in [0.3, 0.4) is 0 Å². The summed E-state index contributed by atoms with van der Waals surface area (Å²) >= 11 is 0. The van der Waals surface area contributed by atoms with Crippen LogP contribution < -0.4 is 15.0 Å². The van der Waals surface area contributed by atoms with Gasteiger partial charge in [0.1, 0.15) is 11.3 Å². The number of rotatable bonds is 6. The number of methoxy groups -OCH3 is 1. The van der Waals surface area contributed by atoms with Crippen LogP contribution in [0.4, 0.5) is 10.5 Å². The Kier molecular flexibility index (Phi) is 5.83. The van der Waals surface area contributed by atoms with Gasteiger partial charge in [-0.25, -0.2) is 4.79 Å². The number of amides is 4. The number of piperazine rings is 1. The van der Waals surface area contributed by atoms with Gasteiger partial charge < -0.3 is 19.9 Å². The van der Waals surface area contributed by atoms with E-state index < -0.39 is 5.54 Å². The molecule has 8 heteroatoms. The van der Waals surface area contributed by atoms with Gasteiger partial charge in [-0.15, -0.1) is 0 Å². The second-order valence-electron chi connectivity index (χ2n) is 8.35. The second-order valence-corrected chi connectivity index (χ2v) is 8.35. The predicted molar refractivity (Wildman–Crippen MR) is 112 cm³/mol. The summed E-state index contributed by atoms with van der Waals surface area (Å²) in [7, 11) is 1.66. The van der Waals surface area contributed by atoms with Crippen LogP contribution in [0, 0.1) is 0 Å². The quantitative estimate of drug-likeness (QED) is 0.720. The molecule has 0 radical (unpaired) electrons. The number of hydrogen-bond donors (Lipinski definition) is 1. The maximum atomic E-state index is 12.7. The summed E-state index contributed by atoms with van der Waals surface area (Å²) in [5.74, 6) is 0.804. The number of imide groups is 1. The fourth-order valence-corrected chi connectivity index (χ4v) is 4.76. The third-order valence-electron chi connectivity index (χ3n) is 6.53. The van der Waals surface area contributed by atoms with Crippen LogP contribution in [0.15, 0.2) is 24.3 Å². The number of nitrogens with one attached hydrogen (secondary N) is 1. The van der Waals surface area contributed by atoms with E-state index in [1.807, 2.05) is 23.1 Å². The average molecular weight is 415 g/mol. The van der Waals surface area contributed by atoms with Crippen molar-refractivity contribution < 1.29 is 19.1 Å². The number of anilines is 1. The third-order valence-corrected chi connectivity index (χ3v) is 6.53. The summed E-state index contributed by atoms with van der Waals surface area (Å²) in [4.78, 5) is 42.9. The maximum absolute atomic E-state index is 12.7. The summed E-state index contributed by atoms with van der Waals surface area (Å²) in [6.45, 7) is 3.19. The Hall–Kier alpha value is -2.77. The van der Waals surface area contributed by atoms with Crippen LogP contribution in [0.1, 0.15) is 38.5 Å². The Bertz CT molecular complexity index is 813. The van der Waals surface area contributed by atoms with E-state index in [9.17, 15) is 14.4 Å². The highest BCUT2D eigenvalue weighted by molar-refractivity contribution is 6.07. The van der Waals surface area contributed by atoms with Crippen molar-refractivity contribution in [1.29, 1.82) is 0 Å². The molecule has 162 valence electrons. The van der Waals surface area contributed by atoms with Crippen molar-refractivity contribution in [1.82, 2.24) is 15.1 Å². The van der Waals surface area contributed by atoms with E-state index in [2.05, 4.69) is 16.3 Å². The summed E-state index contributed by atoms with van der Waals surface area (Å²) in [5.41, 5.74) is 0.429. The zero-order valence-electron chi connectivity index (χ0n) is 17.6. The summed E-state index contributed by atoms with van der Waals surface area (Å²) in [5, 5.41) is 2.89. The molecular formula is C22H30N4O4. The van der Waals surface area contributed by atoms with Gasteiger partial charge in [-0.05, 0) is 31.4 Å². The number of nitrogens with zero attached hydrogens (tertiary/aromatic N) is 3. The molecule has 0 atom stereocenters. The molecule has 8 nitrogen and oxygen atoms in total. The molecule has 1 saturated carbocycles. The lowest BCUT2D eigenvalue weighted by Gasteiger charge is -2.36. The molecule has 3 fully saturated rings. The molecule has 4 rings (SSSR count). The lowest BCUT2D eigenvalue weighted by molar-refractivity contribution is -0.133. The minimum atomic E-state index is -0.669. The minimum Gasteiger partial charge on any atom is -0.497 e. The van der Waals surface area contributed by atoms with E-state index in [0.29, 0.717) is 32.5 Å². The first-order valence-corrected chi connectivity index (χ1v) is 10.8. The van der Waals surface area contributed by atoms with Gasteiger partial charge in [0.2, 0.25) is 5.91 Å². The first-order valence-electron chi connectivity index (χ1n) is 10.8. The predicted octanol–water partition coefficient (Wildman–Crippen LogP) is 1.99. The Morgan fingerprint density at radius 2 is 1.87 bits per heavy atom. The smallest absolute Gasteiger partial charge is 0.325 e. The number of carbonyl (C=O) groups is 3. The number of ether oxygens (including phenoxy) is 1. The largest absolute Gasteiger partial charge is 0.497 e. The van der Waals surface area contributed by atoms with Crippen LogP contribution in [0.5, 0.6) is 5.75 Å². The van der Waals surface area contributed by atoms with Crippen molar-refractivity contribution >= 4 is 23.5 Å². The van der Waals surface area contributed by atoms with Crippen molar-refractivity contribution in [2.75, 3.05) is 44.7 Å². The highest BCUT2D eigenvalue weighted by atomic mass is 16.5. The number of benzene rings is 1. The molecule has 1 aliphatic carbocycles. The van der Waals surface area contributed by atoms with E-state index >= 15 is 0 Å². The molecule has 2 saturated heterocycles. The Balaban J connectivity index is 1.23. The normalized spacial score (nSPS) is 20.8. The van der Waals surface area contributed by atoms with Crippen molar-refractivity contribution in [3.8, 4) is 5.75 Å². The molecule has 1 N–H and O–H groups in total. The molecule has 0 unspecified atom stereocenters. The lowest BCUT2D eigenvalue weighted by atomic mass is 9.98. The van der Waals surface area contributed by atoms with E-state index in [0.717, 1.165) is 50.2 Å². The Morgan fingerprint density at radius 1 is 1.13 bits per heavy atom. The van der Waals surface area contributed by atoms with E-state index in [4.69, 9.17) is 4.74 Å². The highest BCUT2D eigenvalue weighted by Gasteiger charge is 2.52. The Morgan fingerprint density at radius 3 is 2.57 bits per heavy atom. The van der Waals surface area contributed by atoms with Crippen LogP contribution in [0.2, 0.25) is 0 Å². The van der Waals surface area contributed by atoms with Gasteiger partial charge in [-0.1, -0.05) is 18.9 Å². The Labute approximate surface area is 177 Å². The first-order chi connectivity index (χ1) is 14.5. The van der Waals surface area contributed by atoms with Gasteiger partial charge in [0.05, 0.1) is 7.11 Å². The van der Waals surface area contributed by atoms with Gasteiger partial charge in [-0.3, -0.25) is 14.5 Å². The van der Waals surface area contributed by atoms with E-state index in [-0.39, 0.29) is 17.8 Å². The first kappa shape index (κ1) is 20.5. The molecule has 0 aromatic heterocycles. The van der Waals surface area contributed by atoms with Crippen LogP contribution in [-0.2, 0) is 9.59 Å². The lowest BCUT2D eigenvalue weighted by Crippen LogP contribution is -2.49. The van der Waals surface area contributed by atoms with Gasteiger partial charge in [0.15, 0.2) is 0 Å². The van der Waals surface area contributed by atoms with Crippen molar-refractivity contribution in [3.63, 3.8) is 0 Å². The fourth-order valence-electron chi connectivity index (χ4n) is 4.76. The second kappa shape index (κ2) is 8.53. The third kappa shape index (κ3) is 3.95. The summed E-state index contributed by atoms with van der Waals surface area (Å²) < 4.78 is 5.29. The molecular weight excluding hydrogens is 384 g/mol. The van der Waals surface area contributed by atoms with Gasteiger partial charge >= 0.3 is 6.03 Å². The molecule has 1 aromatic rings. The molecule has 1 spiro atoms. The van der Waals surface area contributed by atoms with E-state index in [1.54, 1.807) is 7.11 Å². The van der Waals surface area contributed by atoms with Gasteiger partial charge in [-0.2, -0.15) is 0 Å². The monoisotopic (exact) mass is 414 g/mol. The molecule has 30 heavy (non-hydrogen) atoms. The maximum Gasteiger partial charge on any atom is 0.325 e. The van der Waals surface area contributed by atoms with Crippen molar-refractivity contribution in [3.05, 3.63) is 24.3 Å². The molecule has 2 heterocycles. The molecule has 1 aromatic carbocycles. The zero-order chi connectivity index (χ0) is 21.1. The number of hydrogen-bond acceptors (Lipinski definition) is 5. The van der Waals surface area contributed by atoms with Crippen molar-refractivity contribution in [2.24, 2.45) is 0 Å². The van der Waals surface area contributed by atoms with Crippen molar-refractivity contribution in [2.45, 2.75) is 44.1 Å². The molecule has 0 bridgehead atoms. The molecule has 2 aliphatic heterocycles. The van der Waals surface area contributed by atoms with Gasteiger partial charge in [0.25, 0.3) is 5.91 Å². The number of urea groups is 1. The highest BCUT2D eigenvalue weighted by Crippen LogP contribution is 2.35. The average Bonchev–Trinajstić information content (AvgIpc) is 3.34. The SMILES string of the molecule is COc1cccc(N2CCN(C(=O)CCCN3C(=O)NC4(CCCC4)C3=O)CC2)c1. The van der Waals surface area contributed by atoms with Gasteiger partial charge in [0, 0.05) is 50.9 Å². The summed E-state index contributed by atoms with van der Waals surface area (Å²) in [6, 6.07) is 7.64. The minimum absolute atomic E-state index is 0.0860. The standard InChI is InChI=1S/C22H30N4O4/c1-30-18-7-4-6-17(16-18)24-12-14-25(15-13-24)19(27)8-5-11-26-20(28)22(23-21(26)29)9-2-3-10-22/h4,6-7,16H,2-3,5,8-15H2,1H3,(H,23,29). The summed E-state index contributed by atoms with van der Waals surface area (Å²) in [6.07, 6.45) is 4.25. The van der Waals surface area contributed by atoms with E-state index in [1.165, 1.54) is 4.90 Å². The number of carbonyl (C=O) groups excluding carboxylic acids is 3. The molecule has 3 aliphatic rings. The van der Waals surface area contributed by atoms with Crippen LogP contribution >= 0.6 is 0 Å². The molecule has 4 amide bonds. The topological polar surface area (TPSA) is 82.2 Å².